The number of urea groups is 1. The highest BCUT2D eigenvalue weighted by atomic mass is 16.4. The summed E-state index contributed by atoms with van der Waals surface area (Å²) in [5.74, 6) is 8.34. The topological polar surface area (TPSA) is 130 Å². The molecule has 0 aliphatic rings. The second-order valence-corrected chi connectivity index (χ2v) is 1.37. The van der Waals surface area contributed by atoms with Crippen LogP contribution in [0, 0.1) is 0 Å². The van der Waals surface area contributed by atoms with Crippen molar-refractivity contribution in [2.75, 3.05) is 0 Å². The number of hydrogen-bond acceptors (Lipinski definition) is 4. The summed E-state index contributed by atoms with van der Waals surface area (Å²) >= 11 is 0. The van der Waals surface area contributed by atoms with Crippen molar-refractivity contribution in [3.8, 4) is 0 Å². The SMILES string of the molecule is CCC(=O)O.NNC(=O)NN. The average Bonchev–Trinajstić information content (AvgIpc) is 2.04. The number of nitrogens with one attached hydrogen (secondary N) is 2. The van der Waals surface area contributed by atoms with Crippen molar-refractivity contribution in [2.45, 2.75) is 13.3 Å². The van der Waals surface area contributed by atoms with Gasteiger partial charge < -0.3 is 5.11 Å². The van der Waals surface area contributed by atoms with E-state index in [2.05, 4.69) is 11.7 Å². The molecule has 0 saturated heterocycles. The quantitative estimate of drug-likeness (QED) is 0.183. The van der Waals surface area contributed by atoms with Crippen LogP contribution >= 0.6 is 0 Å². The molecule has 66 valence electrons. The lowest BCUT2D eigenvalue weighted by Crippen LogP contribution is -2.43. The molecule has 0 atom stereocenters. The van der Waals surface area contributed by atoms with Crippen LogP contribution in [-0.4, -0.2) is 17.1 Å². The number of carboxylic acids is 1. The van der Waals surface area contributed by atoms with Crippen molar-refractivity contribution in [1.29, 1.82) is 0 Å². The zero-order valence-corrected chi connectivity index (χ0v) is 6.13. The zero-order valence-electron chi connectivity index (χ0n) is 6.13. The van der Waals surface area contributed by atoms with Gasteiger partial charge in [-0.1, -0.05) is 6.92 Å². The lowest BCUT2D eigenvalue weighted by Gasteiger charge is -1.90. The molecule has 0 unspecified atom stereocenters. The van der Waals surface area contributed by atoms with E-state index in [1.54, 1.807) is 17.8 Å². The van der Waals surface area contributed by atoms with Crippen molar-refractivity contribution in [1.82, 2.24) is 10.9 Å². The van der Waals surface area contributed by atoms with Crippen molar-refractivity contribution in [3.63, 3.8) is 0 Å². The van der Waals surface area contributed by atoms with Crippen molar-refractivity contribution < 1.29 is 14.7 Å². The Labute approximate surface area is 63.7 Å². The molecular formula is C4H12N4O3. The van der Waals surface area contributed by atoms with E-state index in [1.165, 1.54) is 0 Å². The van der Waals surface area contributed by atoms with Gasteiger partial charge in [-0.25, -0.2) is 16.5 Å². The number of nitrogens with two attached hydrogens (primary N) is 2. The molecule has 7 N–H and O–H groups in total. The first-order chi connectivity index (χ1) is 5.08. The third-order valence-corrected chi connectivity index (χ3v) is 0.565. The highest BCUT2D eigenvalue weighted by Crippen LogP contribution is 1.67. The number of hydrazine groups is 2. The minimum atomic E-state index is -0.745. The maximum absolute atomic E-state index is 9.71. The van der Waals surface area contributed by atoms with Gasteiger partial charge in [0.15, 0.2) is 0 Å². The fraction of sp³-hybridized carbons (Fsp3) is 0.500. The van der Waals surface area contributed by atoms with Crippen molar-refractivity contribution in [3.05, 3.63) is 0 Å². The Morgan fingerprint density at radius 2 is 1.64 bits per heavy atom. The number of aliphatic carboxylic acids is 1. The van der Waals surface area contributed by atoms with E-state index in [-0.39, 0.29) is 6.42 Å². The molecule has 0 aliphatic carbocycles. The number of carbonyl (C=O) groups is 2. The molecule has 7 heteroatoms. The van der Waals surface area contributed by atoms with Gasteiger partial charge in [0.05, 0.1) is 0 Å². The molecule has 11 heavy (non-hydrogen) atoms. The van der Waals surface area contributed by atoms with E-state index in [0.29, 0.717) is 0 Å². The first-order valence-corrected chi connectivity index (χ1v) is 2.77. The number of hydrogen-bond donors (Lipinski definition) is 5. The van der Waals surface area contributed by atoms with E-state index < -0.39 is 12.0 Å². The molecule has 0 bridgehead atoms. The minimum Gasteiger partial charge on any atom is -0.481 e. The monoisotopic (exact) mass is 164 g/mol. The maximum Gasteiger partial charge on any atom is 0.343 e. The second-order valence-electron chi connectivity index (χ2n) is 1.37. The summed E-state index contributed by atoms with van der Waals surface area (Å²) in [4.78, 5) is 19.1. The van der Waals surface area contributed by atoms with Gasteiger partial charge in [-0.2, -0.15) is 0 Å². The first kappa shape index (κ1) is 12.3. The molecule has 0 fully saturated rings. The summed E-state index contributed by atoms with van der Waals surface area (Å²) in [5, 5.41) is 7.72. The van der Waals surface area contributed by atoms with Crippen LogP contribution in [0.25, 0.3) is 0 Å². The van der Waals surface area contributed by atoms with Gasteiger partial charge >= 0.3 is 12.0 Å². The Balaban J connectivity index is 0. The van der Waals surface area contributed by atoms with Gasteiger partial charge in [0, 0.05) is 6.42 Å². The molecule has 0 aromatic heterocycles. The van der Waals surface area contributed by atoms with Crippen LogP contribution in [-0.2, 0) is 4.79 Å². The Hall–Kier alpha value is -1.34. The van der Waals surface area contributed by atoms with Gasteiger partial charge in [-0.05, 0) is 0 Å². The molecule has 0 aliphatic heterocycles. The van der Waals surface area contributed by atoms with Crippen LogP contribution in [0.3, 0.4) is 0 Å². The normalized spacial score (nSPS) is 7.18. The molecule has 0 spiro atoms. The zero-order chi connectivity index (χ0) is 9.28. The fourth-order valence-corrected chi connectivity index (χ4v) is 0.0417. The van der Waals surface area contributed by atoms with E-state index in [1.807, 2.05) is 0 Å². The van der Waals surface area contributed by atoms with Crippen LogP contribution in [0.2, 0.25) is 0 Å². The summed E-state index contributed by atoms with van der Waals surface area (Å²) in [6.07, 6.45) is 0.222. The smallest absolute Gasteiger partial charge is 0.343 e. The predicted molar refractivity (Wildman–Crippen MR) is 38.0 cm³/mol. The van der Waals surface area contributed by atoms with Gasteiger partial charge in [0.1, 0.15) is 0 Å². The third kappa shape index (κ3) is 17.7. The van der Waals surface area contributed by atoms with E-state index in [0.717, 1.165) is 0 Å². The van der Waals surface area contributed by atoms with Gasteiger partial charge in [0.2, 0.25) is 0 Å². The van der Waals surface area contributed by atoms with Crippen LogP contribution < -0.4 is 22.5 Å². The molecule has 2 amide bonds. The van der Waals surface area contributed by atoms with Crippen LogP contribution in [0.15, 0.2) is 0 Å². The van der Waals surface area contributed by atoms with E-state index in [4.69, 9.17) is 5.11 Å². The summed E-state index contributed by atoms with van der Waals surface area (Å²) in [6, 6.07) is -0.602. The number of carboxylic acid groups (broad SMARTS) is 1. The maximum atomic E-state index is 9.71. The minimum absolute atomic E-state index is 0.222. The van der Waals surface area contributed by atoms with Gasteiger partial charge in [-0.3, -0.25) is 15.6 Å². The van der Waals surface area contributed by atoms with E-state index in [9.17, 15) is 9.59 Å². The molecule has 0 aromatic rings. The lowest BCUT2D eigenvalue weighted by molar-refractivity contribution is -0.136. The van der Waals surface area contributed by atoms with Crippen LogP contribution in [0.4, 0.5) is 4.79 Å². The van der Waals surface area contributed by atoms with E-state index >= 15 is 0 Å². The second kappa shape index (κ2) is 8.66. The molecule has 0 heterocycles. The van der Waals surface area contributed by atoms with Crippen LogP contribution in [0.5, 0.6) is 0 Å². The molecular weight excluding hydrogens is 152 g/mol. The van der Waals surface area contributed by atoms with Gasteiger partial charge in [-0.15, -0.1) is 0 Å². The number of amides is 2. The summed E-state index contributed by atoms with van der Waals surface area (Å²) in [6.45, 7) is 1.60. The number of carbonyl (C=O) groups excluding carboxylic acids is 1. The molecule has 0 saturated carbocycles. The average molecular weight is 164 g/mol. The lowest BCUT2D eigenvalue weighted by atomic mass is 10.5. The highest BCUT2D eigenvalue weighted by molar-refractivity contribution is 5.72. The standard InChI is InChI=1S/C3H6O2.CH6N4O/c1-2-3(4)5;2-4-1(6)5-3/h2H2,1H3,(H,4,5);2-3H2,(H2,4,5,6). The van der Waals surface area contributed by atoms with Crippen molar-refractivity contribution in [2.24, 2.45) is 11.7 Å². The summed E-state index contributed by atoms with van der Waals surface area (Å²) in [5.41, 5.74) is 3.48. The highest BCUT2D eigenvalue weighted by Gasteiger charge is 1.83. The largest absolute Gasteiger partial charge is 0.481 e. The summed E-state index contributed by atoms with van der Waals surface area (Å²) < 4.78 is 0. The summed E-state index contributed by atoms with van der Waals surface area (Å²) in [7, 11) is 0. The Kier molecular flexibility index (Phi) is 9.72. The van der Waals surface area contributed by atoms with Crippen molar-refractivity contribution >= 4 is 12.0 Å². The Bertz CT molecular complexity index is 121. The first-order valence-electron chi connectivity index (χ1n) is 2.77. The number of rotatable bonds is 1. The van der Waals surface area contributed by atoms with Gasteiger partial charge in [0.25, 0.3) is 0 Å². The molecule has 0 rings (SSSR count). The molecule has 7 nitrogen and oxygen atoms in total. The predicted octanol–water partition coefficient (Wildman–Crippen LogP) is -1.49. The Morgan fingerprint density at radius 3 is 1.64 bits per heavy atom. The third-order valence-electron chi connectivity index (χ3n) is 0.565. The Morgan fingerprint density at radius 1 is 1.36 bits per heavy atom. The molecule has 0 radical (unpaired) electrons. The molecule has 0 aromatic carbocycles. The van der Waals surface area contributed by atoms with Crippen LogP contribution in [0.1, 0.15) is 13.3 Å². The fourth-order valence-electron chi connectivity index (χ4n) is 0.0417.